The summed E-state index contributed by atoms with van der Waals surface area (Å²) in [5, 5.41) is 37.8. The second kappa shape index (κ2) is 10.2. The van der Waals surface area contributed by atoms with Crippen LogP contribution in [-0.4, -0.2) is 22.0 Å². The number of carbonyl (C=O) groups is 2. The molecule has 1 radical (unpaired) electrons. The van der Waals surface area contributed by atoms with E-state index < -0.39 is 11.8 Å². The van der Waals surface area contributed by atoms with Gasteiger partial charge in [0.15, 0.2) is 0 Å². The first-order valence-corrected chi connectivity index (χ1v) is 5.92. The van der Waals surface area contributed by atoms with Gasteiger partial charge in [0.2, 0.25) is 11.8 Å². The normalized spacial score (nSPS) is 8.78. The number of para-hydroxylation sites is 2. The minimum Gasteiger partial charge on any atom is -0.759 e. The number of hydrogen-bond donors (Lipinski definition) is 4. The summed E-state index contributed by atoms with van der Waals surface area (Å²) < 4.78 is 0. The van der Waals surface area contributed by atoms with Gasteiger partial charge in [-0.1, -0.05) is 24.3 Å². The summed E-state index contributed by atoms with van der Waals surface area (Å²) >= 11 is 0. The Morgan fingerprint density at radius 1 is 0.739 bits per heavy atom. The molecule has 9 heteroatoms. The SMILES string of the molecule is O=C(N[O-])c1ccccc1O.O=C(N[O-])c1ccccc1O.[Cu+2]. The molecule has 2 amide bonds. The molecule has 0 unspecified atom stereocenters. The molecule has 0 saturated carbocycles. The van der Waals surface area contributed by atoms with Gasteiger partial charge in [-0.05, 0) is 24.3 Å². The maximum absolute atomic E-state index is 10.7. The molecule has 0 bridgehead atoms. The van der Waals surface area contributed by atoms with Gasteiger partial charge in [0, 0.05) is 0 Å². The van der Waals surface area contributed by atoms with Crippen molar-refractivity contribution < 1.29 is 36.9 Å². The van der Waals surface area contributed by atoms with E-state index in [-0.39, 0.29) is 39.7 Å². The molecule has 2 aromatic rings. The molecule has 0 aromatic heterocycles. The van der Waals surface area contributed by atoms with Gasteiger partial charge in [-0.25, -0.2) is 0 Å². The van der Waals surface area contributed by atoms with Crippen LogP contribution in [0.2, 0.25) is 0 Å². The molecule has 0 aliphatic heterocycles. The van der Waals surface area contributed by atoms with Crippen molar-refractivity contribution in [3.05, 3.63) is 70.1 Å². The Hall–Kier alpha value is -2.58. The summed E-state index contributed by atoms with van der Waals surface area (Å²) in [6.45, 7) is 0. The van der Waals surface area contributed by atoms with Crippen LogP contribution in [-0.2, 0) is 17.1 Å². The standard InChI is InChI=1S/2C7H6NO3.Cu/c2*9-6-4-2-1-3-5(6)7(10)8-11;/h2*1-4H,(H2-,8,9,10,11);/q2*-1;+2. The van der Waals surface area contributed by atoms with Crippen molar-refractivity contribution in [2.75, 3.05) is 0 Å². The Kier molecular flexibility index (Phi) is 9.05. The Labute approximate surface area is 141 Å². The van der Waals surface area contributed by atoms with Gasteiger partial charge in [-0.15, -0.1) is 0 Å². The van der Waals surface area contributed by atoms with Crippen molar-refractivity contribution >= 4 is 11.8 Å². The molecule has 0 aliphatic carbocycles. The van der Waals surface area contributed by atoms with E-state index in [1.54, 1.807) is 24.3 Å². The van der Waals surface area contributed by atoms with Crippen LogP contribution in [0.15, 0.2) is 48.5 Å². The third-order valence-corrected chi connectivity index (χ3v) is 2.48. The van der Waals surface area contributed by atoms with Gasteiger partial charge in [-0.2, -0.15) is 0 Å². The molecular formula is C14H12CuN2O6. The number of nitrogens with one attached hydrogen (secondary N) is 2. The number of rotatable bonds is 2. The van der Waals surface area contributed by atoms with E-state index in [1.807, 2.05) is 0 Å². The molecule has 0 heterocycles. The van der Waals surface area contributed by atoms with Gasteiger partial charge in [0.05, 0.1) is 11.1 Å². The van der Waals surface area contributed by atoms with Gasteiger partial charge < -0.3 is 31.6 Å². The van der Waals surface area contributed by atoms with Crippen LogP contribution < -0.4 is 11.0 Å². The number of phenols is 2. The average Bonchev–Trinajstić information content (AvgIpc) is 2.55. The van der Waals surface area contributed by atoms with Crippen LogP contribution in [0.3, 0.4) is 0 Å². The minimum atomic E-state index is -0.830. The Balaban J connectivity index is 0.000000403. The molecule has 125 valence electrons. The van der Waals surface area contributed by atoms with Crippen molar-refractivity contribution in [3.8, 4) is 11.5 Å². The van der Waals surface area contributed by atoms with Gasteiger partial charge in [0.25, 0.3) is 0 Å². The molecule has 0 aliphatic rings. The fourth-order valence-electron chi connectivity index (χ4n) is 1.44. The zero-order valence-electron chi connectivity index (χ0n) is 11.4. The van der Waals surface area contributed by atoms with Crippen LogP contribution >= 0.6 is 0 Å². The smallest absolute Gasteiger partial charge is 0.759 e. The minimum absolute atomic E-state index is 0. The van der Waals surface area contributed by atoms with E-state index in [0.717, 1.165) is 0 Å². The molecular weight excluding hydrogens is 356 g/mol. The van der Waals surface area contributed by atoms with E-state index >= 15 is 0 Å². The predicted molar refractivity (Wildman–Crippen MR) is 77.9 cm³/mol. The number of aromatic hydroxyl groups is 2. The first-order chi connectivity index (χ1) is 10.5. The van der Waals surface area contributed by atoms with E-state index in [4.69, 9.17) is 10.2 Å². The Morgan fingerprint density at radius 2 is 1.04 bits per heavy atom. The van der Waals surface area contributed by atoms with Crippen LogP contribution in [0.5, 0.6) is 11.5 Å². The van der Waals surface area contributed by atoms with Crippen LogP contribution in [0.4, 0.5) is 0 Å². The van der Waals surface area contributed by atoms with E-state index in [9.17, 15) is 20.0 Å². The molecule has 4 N–H and O–H groups in total. The molecule has 8 nitrogen and oxygen atoms in total. The summed E-state index contributed by atoms with van der Waals surface area (Å²) in [5.74, 6) is -2.05. The van der Waals surface area contributed by atoms with Gasteiger partial charge in [0.1, 0.15) is 11.5 Å². The Morgan fingerprint density at radius 3 is 1.30 bits per heavy atom. The number of hydroxylamine groups is 2. The average molecular weight is 368 g/mol. The number of hydrogen-bond acceptors (Lipinski definition) is 6. The summed E-state index contributed by atoms with van der Waals surface area (Å²) in [7, 11) is 0. The van der Waals surface area contributed by atoms with Crippen molar-refractivity contribution in [2.24, 2.45) is 0 Å². The van der Waals surface area contributed by atoms with Gasteiger partial charge in [-0.3, -0.25) is 9.59 Å². The molecule has 2 aromatic carbocycles. The van der Waals surface area contributed by atoms with E-state index in [1.165, 1.54) is 35.2 Å². The van der Waals surface area contributed by atoms with Crippen molar-refractivity contribution in [1.29, 1.82) is 0 Å². The quantitative estimate of drug-likeness (QED) is 0.464. The predicted octanol–water partition coefficient (Wildman–Crippen LogP) is 1.24. The topological polar surface area (TPSA) is 145 Å². The van der Waals surface area contributed by atoms with E-state index in [2.05, 4.69) is 0 Å². The first kappa shape index (κ1) is 20.4. The maximum atomic E-state index is 10.7. The molecule has 23 heavy (non-hydrogen) atoms. The monoisotopic (exact) mass is 367 g/mol. The number of benzene rings is 2. The zero-order valence-corrected chi connectivity index (χ0v) is 12.4. The molecule has 0 fully saturated rings. The number of phenolic OH excluding ortho intramolecular Hbond substituents is 2. The van der Waals surface area contributed by atoms with Crippen molar-refractivity contribution in [1.82, 2.24) is 11.0 Å². The van der Waals surface area contributed by atoms with Crippen molar-refractivity contribution in [3.63, 3.8) is 0 Å². The molecule has 0 saturated heterocycles. The summed E-state index contributed by atoms with van der Waals surface area (Å²) in [6.07, 6.45) is 0. The third kappa shape index (κ3) is 5.97. The fraction of sp³-hybridized carbons (Fsp3) is 0. The second-order valence-electron chi connectivity index (χ2n) is 3.90. The first-order valence-electron chi connectivity index (χ1n) is 5.92. The summed E-state index contributed by atoms with van der Waals surface area (Å²) in [5.41, 5.74) is 2.32. The maximum Gasteiger partial charge on any atom is 2.00 e. The summed E-state index contributed by atoms with van der Waals surface area (Å²) in [6, 6.07) is 11.7. The molecule has 2 rings (SSSR count). The molecule has 0 atom stereocenters. The number of amides is 2. The zero-order chi connectivity index (χ0) is 16.5. The molecule has 0 spiro atoms. The van der Waals surface area contributed by atoms with Crippen LogP contribution in [0.1, 0.15) is 20.7 Å². The van der Waals surface area contributed by atoms with Gasteiger partial charge >= 0.3 is 17.1 Å². The largest absolute Gasteiger partial charge is 2.00 e. The van der Waals surface area contributed by atoms with Crippen LogP contribution in [0.25, 0.3) is 0 Å². The van der Waals surface area contributed by atoms with Crippen LogP contribution in [0, 0.1) is 10.4 Å². The number of carbonyl (C=O) groups excluding carboxylic acids is 2. The Bertz CT molecular complexity index is 608. The van der Waals surface area contributed by atoms with E-state index in [0.29, 0.717) is 0 Å². The summed E-state index contributed by atoms with van der Waals surface area (Å²) in [4.78, 5) is 21.3. The fourth-order valence-corrected chi connectivity index (χ4v) is 1.44. The second-order valence-corrected chi connectivity index (χ2v) is 3.90. The van der Waals surface area contributed by atoms with Crippen molar-refractivity contribution in [2.45, 2.75) is 0 Å². The third-order valence-electron chi connectivity index (χ3n) is 2.48.